The average molecular weight is 219 g/mol. The number of halogens is 1. The van der Waals surface area contributed by atoms with E-state index in [0.29, 0.717) is 16.7 Å². The number of rotatable bonds is 2. The highest BCUT2D eigenvalue weighted by Crippen LogP contribution is 2.17. The van der Waals surface area contributed by atoms with Gasteiger partial charge in [-0.1, -0.05) is 11.6 Å². The number of hydrogen-bond donors (Lipinski definition) is 0. The average Bonchev–Trinajstić information content (AvgIpc) is 2.30. The summed E-state index contributed by atoms with van der Waals surface area (Å²) in [6, 6.07) is 8.77. The summed E-state index contributed by atoms with van der Waals surface area (Å²) in [5, 5.41) is 8.50. The van der Waals surface area contributed by atoms with Crippen LogP contribution in [0.25, 0.3) is 0 Å². The molecule has 2 aromatic rings. The summed E-state index contributed by atoms with van der Waals surface area (Å²) in [6.45, 7) is 0. The normalized spacial score (nSPS) is 10.7. The van der Waals surface area contributed by atoms with Crippen LogP contribution in [-0.4, -0.2) is 9.97 Å². The lowest BCUT2D eigenvalue weighted by Gasteiger charge is -1.91. The summed E-state index contributed by atoms with van der Waals surface area (Å²) < 4.78 is 0. The maximum Gasteiger partial charge on any atom is 0.268 e. The van der Waals surface area contributed by atoms with E-state index < -0.39 is 0 Å². The minimum Gasteiger partial charge on any atom is -0.218 e. The first-order valence-electron chi connectivity index (χ1n) is 4.29. The number of azo groups is 1. The predicted molar refractivity (Wildman–Crippen MR) is 57.7 cm³/mol. The lowest BCUT2D eigenvalue weighted by atomic mass is 10.3. The Labute approximate surface area is 91.7 Å². The highest BCUT2D eigenvalue weighted by molar-refractivity contribution is 6.30. The van der Waals surface area contributed by atoms with Crippen LogP contribution in [0.15, 0.2) is 53.0 Å². The van der Waals surface area contributed by atoms with Crippen LogP contribution in [-0.2, 0) is 0 Å². The number of nitrogens with zero attached hydrogens (tertiary/aromatic N) is 4. The third-order valence-electron chi connectivity index (χ3n) is 1.63. The second-order valence-electron chi connectivity index (χ2n) is 2.73. The molecule has 2 rings (SSSR count). The van der Waals surface area contributed by atoms with Crippen molar-refractivity contribution < 1.29 is 0 Å². The molecule has 74 valence electrons. The Morgan fingerprint density at radius 2 is 1.60 bits per heavy atom. The SMILES string of the molecule is Clc1ccc(N=Nc2ncccn2)cc1. The van der Waals surface area contributed by atoms with E-state index in [2.05, 4.69) is 20.2 Å². The van der Waals surface area contributed by atoms with Crippen molar-refractivity contribution in [2.75, 3.05) is 0 Å². The Kier molecular flexibility index (Phi) is 2.99. The van der Waals surface area contributed by atoms with Crippen molar-refractivity contribution in [3.05, 3.63) is 47.7 Å². The van der Waals surface area contributed by atoms with E-state index >= 15 is 0 Å². The second-order valence-corrected chi connectivity index (χ2v) is 3.16. The second kappa shape index (κ2) is 4.61. The van der Waals surface area contributed by atoms with Gasteiger partial charge < -0.3 is 0 Å². The van der Waals surface area contributed by atoms with Gasteiger partial charge in [0.05, 0.1) is 5.69 Å². The Morgan fingerprint density at radius 1 is 0.933 bits per heavy atom. The molecule has 0 aliphatic rings. The van der Waals surface area contributed by atoms with Crippen LogP contribution in [0.5, 0.6) is 0 Å². The predicted octanol–water partition coefficient (Wildman–Crippen LogP) is 3.55. The maximum absolute atomic E-state index is 5.73. The van der Waals surface area contributed by atoms with Crippen molar-refractivity contribution in [1.82, 2.24) is 9.97 Å². The van der Waals surface area contributed by atoms with Crippen molar-refractivity contribution in [2.45, 2.75) is 0 Å². The zero-order chi connectivity index (χ0) is 10.5. The minimum atomic E-state index is 0.340. The molecular weight excluding hydrogens is 212 g/mol. The molecule has 0 radical (unpaired) electrons. The van der Waals surface area contributed by atoms with Gasteiger partial charge in [-0.25, -0.2) is 9.97 Å². The van der Waals surface area contributed by atoms with Crippen LogP contribution >= 0.6 is 11.6 Å². The molecule has 0 spiro atoms. The fourth-order valence-corrected chi connectivity index (χ4v) is 1.08. The maximum atomic E-state index is 5.73. The fraction of sp³-hybridized carbons (Fsp3) is 0. The Hall–Kier alpha value is -1.81. The molecule has 0 bridgehead atoms. The van der Waals surface area contributed by atoms with Gasteiger partial charge in [0.25, 0.3) is 5.95 Å². The van der Waals surface area contributed by atoms with Crippen LogP contribution in [0, 0.1) is 0 Å². The molecule has 5 heteroatoms. The summed E-state index contributed by atoms with van der Waals surface area (Å²) in [5.74, 6) is 0.340. The van der Waals surface area contributed by atoms with E-state index in [1.54, 1.807) is 42.7 Å². The monoisotopic (exact) mass is 218 g/mol. The first-order chi connectivity index (χ1) is 7.34. The van der Waals surface area contributed by atoms with E-state index in [1.807, 2.05) is 0 Å². The molecule has 0 N–H and O–H groups in total. The molecule has 0 amide bonds. The molecule has 1 heterocycles. The fourth-order valence-electron chi connectivity index (χ4n) is 0.953. The summed E-state index contributed by atoms with van der Waals surface area (Å²) >= 11 is 5.73. The van der Waals surface area contributed by atoms with Gasteiger partial charge in [-0.05, 0) is 30.3 Å². The lowest BCUT2D eigenvalue weighted by Crippen LogP contribution is -1.75. The molecule has 0 saturated heterocycles. The Morgan fingerprint density at radius 3 is 2.27 bits per heavy atom. The Bertz CT molecular complexity index is 453. The van der Waals surface area contributed by atoms with Gasteiger partial charge in [-0.15, -0.1) is 10.2 Å². The quantitative estimate of drug-likeness (QED) is 0.724. The molecule has 15 heavy (non-hydrogen) atoms. The van der Waals surface area contributed by atoms with Crippen molar-refractivity contribution in [3.63, 3.8) is 0 Å². The topological polar surface area (TPSA) is 50.5 Å². The van der Waals surface area contributed by atoms with E-state index in [-0.39, 0.29) is 0 Å². The molecule has 4 nitrogen and oxygen atoms in total. The van der Waals surface area contributed by atoms with Crippen LogP contribution < -0.4 is 0 Å². The molecule has 1 aromatic heterocycles. The first-order valence-corrected chi connectivity index (χ1v) is 4.67. The lowest BCUT2D eigenvalue weighted by molar-refractivity contribution is 1.07. The van der Waals surface area contributed by atoms with Crippen molar-refractivity contribution >= 4 is 23.2 Å². The van der Waals surface area contributed by atoms with Crippen LogP contribution in [0.1, 0.15) is 0 Å². The molecule has 1 aromatic carbocycles. The smallest absolute Gasteiger partial charge is 0.218 e. The van der Waals surface area contributed by atoms with Crippen molar-refractivity contribution in [3.8, 4) is 0 Å². The molecule has 0 aliphatic carbocycles. The van der Waals surface area contributed by atoms with Crippen molar-refractivity contribution in [2.24, 2.45) is 10.2 Å². The van der Waals surface area contributed by atoms with Crippen LogP contribution in [0.2, 0.25) is 5.02 Å². The third kappa shape index (κ3) is 2.82. The summed E-state index contributed by atoms with van der Waals surface area (Å²) in [5.41, 5.74) is 0.715. The minimum absolute atomic E-state index is 0.340. The number of hydrogen-bond acceptors (Lipinski definition) is 4. The zero-order valence-corrected chi connectivity index (χ0v) is 8.46. The molecule has 0 aliphatic heterocycles. The van der Waals surface area contributed by atoms with Crippen LogP contribution in [0.3, 0.4) is 0 Å². The summed E-state index contributed by atoms with van der Waals surface area (Å²) in [6.07, 6.45) is 3.23. The van der Waals surface area contributed by atoms with Crippen LogP contribution in [0.4, 0.5) is 11.6 Å². The van der Waals surface area contributed by atoms with E-state index in [0.717, 1.165) is 0 Å². The highest BCUT2D eigenvalue weighted by atomic mass is 35.5. The molecule has 0 saturated carbocycles. The molecule has 0 unspecified atom stereocenters. The summed E-state index contributed by atoms with van der Waals surface area (Å²) in [4.78, 5) is 7.83. The van der Waals surface area contributed by atoms with Gasteiger partial charge in [-0.2, -0.15) is 0 Å². The largest absolute Gasteiger partial charge is 0.268 e. The summed E-state index contributed by atoms with van der Waals surface area (Å²) in [7, 11) is 0. The van der Waals surface area contributed by atoms with Gasteiger partial charge in [-0.3, -0.25) is 0 Å². The molecular formula is C10H7ClN4. The first kappa shape index (κ1) is 9.73. The number of benzene rings is 1. The third-order valence-corrected chi connectivity index (χ3v) is 1.89. The Balaban J connectivity index is 2.15. The van der Waals surface area contributed by atoms with Gasteiger partial charge >= 0.3 is 0 Å². The van der Waals surface area contributed by atoms with Gasteiger partial charge in [0.1, 0.15) is 0 Å². The highest BCUT2D eigenvalue weighted by Gasteiger charge is 1.91. The van der Waals surface area contributed by atoms with Gasteiger partial charge in [0.2, 0.25) is 0 Å². The number of aromatic nitrogens is 2. The van der Waals surface area contributed by atoms with Crippen molar-refractivity contribution in [1.29, 1.82) is 0 Å². The molecule has 0 atom stereocenters. The van der Waals surface area contributed by atoms with Gasteiger partial charge in [0.15, 0.2) is 0 Å². The standard InChI is InChI=1S/C10H7ClN4/c11-8-2-4-9(5-3-8)14-15-10-12-6-1-7-13-10/h1-7H. The van der Waals surface area contributed by atoms with E-state index in [1.165, 1.54) is 0 Å². The zero-order valence-electron chi connectivity index (χ0n) is 7.71. The van der Waals surface area contributed by atoms with E-state index in [4.69, 9.17) is 11.6 Å². The van der Waals surface area contributed by atoms with Gasteiger partial charge in [0, 0.05) is 17.4 Å². The molecule has 0 fully saturated rings. The van der Waals surface area contributed by atoms with E-state index in [9.17, 15) is 0 Å².